The van der Waals surface area contributed by atoms with Gasteiger partial charge in [0.25, 0.3) is 5.91 Å². The molecule has 1 aromatic carbocycles. The normalized spacial score (nSPS) is 21.2. The van der Waals surface area contributed by atoms with E-state index < -0.39 is 11.2 Å². The predicted octanol–water partition coefficient (Wildman–Crippen LogP) is 3.48. The summed E-state index contributed by atoms with van der Waals surface area (Å²) in [7, 11) is 0. The first kappa shape index (κ1) is 19.1. The average Bonchev–Trinajstić information content (AvgIpc) is 3.53. The van der Waals surface area contributed by atoms with E-state index in [4.69, 9.17) is 4.74 Å². The van der Waals surface area contributed by atoms with Gasteiger partial charge in [0.1, 0.15) is 0 Å². The summed E-state index contributed by atoms with van der Waals surface area (Å²) in [6, 6.07) is 7.75. The van der Waals surface area contributed by atoms with Crippen LogP contribution in [0.2, 0.25) is 0 Å². The maximum Gasteiger partial charge on any atom is 0.307 e. The Labute approximate surface area is 168 Å². The van der Waals surface area contributed by atoms with Gasteiger partial charge in [0, 0.05) is 16.6 Å². The number of ether oxygens (including phenoxy) is 1. The van der Waals surface area contributed by atoms with Crippen LogP contribution in [0.25, 0.3) is 0 Å². The maximum absolute atomic E-state index is 12.7. The van der Waals surface area contributed by atoms with Crippen molar-refractivity contribution in [1.82, 2.24) is 4.90 Å². The third kappa shape index (κ3) is 4.41. The van der Waals surface area contributed by atoms with Gasteiger partial charge in [-0.05, 0) is 50.7 Å². The van der Waals surface area contributed by atoms with Crippen molar-refractivity contribution < 1.29 is 19.1 Å². The van der Waals surface area contributed by atoms with Crippen LogP contribution in [0.3, 0.4) is 0 Å². The van der Waals surface area contributed by atoms with Crippen LogP contribution < -0.4 is 5.32 Å². The summed E-state index contributed by atoms with van der Waals surface area (Å²) in [5.41, 5.74) is 1.84. The number of anilines is 1. The second kappa shape index (κ2) is 8.39. The number of esters is 1. The zero-order valence-corrected chi connectivity index (χ0v) is 16.5. The van der Waals surface area contributed by atoms with Gasteiger partial charge in [-0.1, -0.05) is 18.2 Å². The molecule has 1 aliphatic heterocycles. The van der Waals surface area contributed by atoms with Crippen LogP contribution >= 0.6 is 11.8 Å². The zero-order chi connectivity index (χ0) is 19.5. The van der Waals surface area contributed by atoms with Crippen LogP contribution in [0.4, 0.5) is 5.69 Å². The zero-order valence-electron chi connectivity index (χ0n) is 15.7. The fourth-order valence-corrected chi connectivity index (χ4v) is 4.72. The van der Waals surface area contributed by atoms with Crippen molar-refractivity contribution in [3.05, 3.63) is 36.0 Å². The average molecular weight is 401 g/mol. The van der Waals surface area contributed by atoms with Gasteiger partial charge < -0.3 is 15.0 Å². The van der Waals surface area contributed by atoms with E-state index in [0.29, 0.717) is 0 Å². The molecular formula is C21H24N2O4S. The molecule has 0 unspecified atom stereocenters. The summed E-state index contributed by atoms with van der Waals surface area (Å²) in [5, 5.41) is 2.27. The second-order valence-corrected chi connectivity index (χ2v) is 8.64. The molecule has 3 aliphatic rings. The number of carbonyl (C=O) groups is 3. The van der Waals surface area contributed by atoms with Crippen molar-refractivity contribution >= 4 is 35.2 Å². The molecule has 0 bridgehead atoms. The molecule has 6 nitrogen and oxygen atoms in total. The number of rotatable bonds is 6. The van der Waals surface area contributed by atoms with E-state index in [1.165, 1.54) is 11.8 Å². The van der Waals surface area contributed by atoms with Crippen LogP contribution in [-0.4, -0.2) is 40.6 Å². The van der Waals surface area contributed by atoms with Gasteiger partial charge in [0.05, 0.1) is 17.4 Å². The molecular weight excluding hydrogens is 376 g/mol. The summed E-state index contributed by atoms with van der Waals surface area (Å²) in [6.45, 7) is -0.262. The number of carbonyl (C=O) groups excluding carboxylic acids is 3. The smallest absolute Gasteiger partial charge is 0.307 e. The number of nitrogens with zero attached hydrogens (tertiary/aromatic N) is 1. The molecule has 1 N–H and O–H groups in total. The summed E-state index contributed by atoms with van der Waals surface area (Å²) in [6.07, 6.45) is 8.28. The maximum atomic E-state index is 12.7. The van der Waals surface area contributed by atoms with Gasteiger partial charge in [-0.2, -0.15) is 0 Å². The molecule has 0 radical (unpaired) electrons. The van der Waals surface area contributed by atoms with E-state index in [2.05, 4.69) is 11.4 Å². The molecule has 1 atom stereocenters. The highest BCUT2D eigenvalue weighted by molar-refractivity contribution is 8.01. The van der Waals surface area contributed by atoms with Crippen LogP contribution in [0, 0.1) is 0 Å². The lowest BCUT2D eigenvalue weighted by atomic mass is 10.0. The Morgan fingerprint density at radius 2 is 2.04 bits per heavy atom. The minimum absolute atomic E-state index is 0.0513. The van der Waals surface area contributed by atoms with Gasteiger partial charge in [0.2, 0.25) is 5.91 Å². The van der Waals surface area contributed by atoms with Crippen LogP contribution in [0.15, 0.2) is 40.9 Å². The molecule has 28 heavy (non-hydrogen) atoms. The van der Waals surface area contributed by atoms with Crippen LogP contribution in [0.5, 0.6) is 0 Å². The number of thioether (sulfide) groups is 1. The Hall–Kier alpha value is -2.28. The minimum Gasteiger partial charge on any atom is -0.456 e. The van der Waals surface area contributed by atoms with E-state index in [1.807, 2.05) is 29.2 Å². The first-order chi connectivity index (χ1) is 13.6. The highest BCUT2D eigenvalue weighted by atomic mass is 32.2. The number of allylic oxidation sites excluding steroid dienone is 2. The summed E-state index contributed by atoms with van der Waals surface area (Å²) >= 11 is 1.35. The Kier molecular flexibility index (Phi) is 5.71. The molecule has 148 valence electrons. The van der Waals surface area contributed by atoms with E-state index in [0.717, 1.165) is 54.8 Å². The number of para-hydroxylation sites is 1. The van der Waals surface area contributed by atoms with E-state index in [1.54, 1.807) is 0 Å². The van der Waals surface area contributed by atoms with Crippen molar-refractivity contribution in [2.24, 2.45) is 0 Å². The topological polar surface area (TPSA) is 75.7 Å². The lowest BCUT2D eigenvalue weighted by Gasteiger charge is -2.27. The SMILES string of the molecule is O=C(C[C@H]1Sc2ccccc2NC1=O)OCC(=O)N(C1=CCCCC1)C1CC1. The predicted molar refractivity (Wildman–Crippen MR) is 107 cm³/mol. The Morgan fingerprint density at radius 1 is 1.21 bits per heavy atom. The van der Waals surface area contributed by atoms with Gasteiger partial charge in [-0.25, -0.2) is 0 Å². The van der Waals surface area contributed by atoms with Crippen molar-refractivity contribution in [2.45, 2.75) is 61.1 Å². The highest BCUT2D eigenvalue weighted by Crippen LogP contribution is 2.37. The van der Waals surface area contributed by atoms with Crippen molar-refractivity contribution in [3.8, 4) is 0 Å². The van der Waals surface area contributed by atoms with Gasteiger partial charge in [0.15, 0.2) is 6.61 Å². The molecule has 7 heteroatoms. The van der Waals surface area contributed by atoms with Gasteiger partial charge in [-0.15, -0.1) is 11.8 Å². The molecule has 2 aliphatic carbocycles. The molecule has 0 saturated heterocycles. The lowest BCUT2D eigenvalue weighted by Crippen LogP contribution is -2.37. The number of hydrogen-bond donors (Lipinski definition) is 1. The number of fused-ring (bicyclic) bond motifs is 1. The van der Waals surface area contributed by atoms with E-state index in [9.17, 15) is 14.4 Å². The molecule has 1 heterocycles. The summed E-state index contributed by atoms with van der Waals surface area (Å²) < 4.78 is 5.24. The Bertz CT molecular complexity index is 818. The van der Waals surface area contributed by atoms with E-state index >= 15 is 0 Å². The fraction of sp³-hybridized carbons (Fsp3) is 0.476. The van der Waals surface area contributed by atoms with Gasteiger partial charge in [-0.3, -0.25) is 14.4 Å². The fourth-order valence-electron chi connectivity index (χ4n) is 3.62. The quantitative estimate of drug-likeness (QED) is 0.740. The molecule has 1 fully saturated rings. The minimum atomic E-state index is -0.543. The number of benzene rings is 1. The third-order valence-corrected chi connectivity index (χ3v) is 6.45. The second-order valence-electron chi connectivity index (χ2n) is 7.39. The first-order valence-corrected chi connectivity index (χ1v) is 10.7. The summed E-state index contributed by atoms with van der Waals surface area (Å²) in [4.78, 5) is 39.9. The lowest BCUT2D eigenvalue weighted by molar-refractivity contribution is -0.151. The standard InChI is InChI=1S/C21H24N2O4S/c24-19(23(15-10-11-15)14-6-2-1-3-7-14)13-27-20(25)12-18-21(26)22-16-8-4-5-9-17(16)28-18/h4-6,8-9,15,18H,1-3,7,10-13H2,(H,22,26)/t18-/m1/s1. The molecule has 2 amide bonds. The molecule has 1 saturated carbocycles. The summed E-state index contributed by atoms with van der Waals surface area (Å²) in [5.74, 6) is -0.886. The number of nitrogens with one attached hydrogen (secondary N) is 1. The molecule has 1 aromatic rings. The van der Waals surface area contributed by atoms with Crippen LogP contribution in [0.1, 0.15) is 44.9 Å². The Morgan fingerprint density at radius 3 is 2.79 bits per heavy atom. The van der Waals surface area contributed by atoms with Crippen LogP contribution in [-0.2, 0) is 19.1 Å². The van der Waals surface area contributed by atoms with Crippen molar-refractivity contribution in [2.75, 3.05) is 11.9 Å². The number of hydrogen-bond acceptors (Lipinski definition) is 5. The van der Waals surface area contributed by atoms with Crippen molar-refractivity contribution in [1.29, 1.82) is 0 Å². The van der Waals surface area contributed by atoms with E-state index in [-0.39, 0.29) is 30.9 Å². The number of amides is 2. The Balaban J connectivity index is 1.31. The third-order valence-electron chi connectivity index (χ3n) is 5.17. The monoisotopic (exact) mass is 400 g/mol. The van der Waals surface area contributed by atoms with Gasteiger partial charge >= 0.3 is 5.97 Å². The van der Waals surface area contributed by atoms with Crippen molar-refractivity contribution in [3.63, 3.8) is 0 Å². The largest absolute Gasteiger partial charge is 0.456 e. The molecule has 0 aromatic heterocycles. The molecule has 0 spiro atoms. The molecule has 4 rings (SSSR count). The highest BCUT2D eigenvalue weighted by Gasteiger charge is 2.36. The first-order valence-electron chi connectivity index (χ1n) is 9.85.